The second kappa shape index (κ2) is 3.87. The molecule has 1 rings (SSSR count). The summed E-state index contributed by atoms with van der Waals surface area (Å²) in [6, 6.07) is 0. The Labute approximate surface area is 71.9 Å². The van der Waals surface area contributed by atoms with Gasteiger partial charge in [0.15, 0.2) is 0 Å². The van der Waals surface area contributed by atoms with E-state index in [9.17, 15) is 4.79 Å². The van der Waals surface area contributed by atoms with Crippen molar-refractivity contribution >= 4 is 5.91 Å². The highest BCUT2D eigenvalue weighted by molar-refractivity contribution is 5.73. The lowest BCUT2D eigenvalue weighted by atomic mass is 9.91. The van der Waals surface area contributed by atoms with Crippen LogP contribution in [0.15, 0.2) is 0 Å². The Bertz CT molecular complexity index is 164. The maximum absolute atomic E-state index is 10.8. The van der Waals surface area contributed by atoms with Crippen LogP contribution in [0.3, 0.4) is 0 Å². The van der Waals surface area contributed by atoms with Crippen LogP contribution in [0.5, 0.6) is 0 Å². The summed E-state index contributed by atoms with van der Waals surface area (Å²) < 4.78 is 5.15. The molecule has 0 atom stereocenters. The van der Waals surface area contributed by atoms with Gasteiger partial charge in [-0.3, -0.25) is 4.79 Å². The molecule has 1 fully saturated rings. The molecule has 1 aliphatic rings. The molecule has 0 aromatic carbocycles. The number of carbonyl (C=O) groups is 1. The molecule has 0 saturated carbocycles. The van der Waals surface area contributed by atoms with Gasteiger partial charge in [0.2, 0.25) is 5.91 Å². The standard InChI is InChI=1S/C8H15NO3/c1-7(11)9-8(6-10)2-4-12-5-3-8/h10H,2-6H2,1H3,(H,9,11). The Balaban J connectivity index is 2.53. The van der Waals surface area contributed by atoms with Crippen LogP contribution in [0.4, 0.5) is 0 Å². The minimum atomic E-state index is -0.427. The highest BCUT2D eigenvalue weighted by atomic mass is 16.5. The van der Waals surface area contributed by atoms with Crippen molar-refractivity contribution in [2.75, 3.05) is 19.8 Å². The molecule has 2 N–H and O–H groups in total. The summed E-state index contributed by atoms with van der Waals surface area (Å²) in [5.74, 6) is -0.0917. The third-order valence-corrected chi connectivity index (χ3v) is 2.19. The lowest BCUT2D eigenvalue weighted by Crippen LogP contribution is -2.53. The van der Waals surface area contributed by atoms with Gasteiger partial charge < -0.3 is 15.2 Å². The number of aliphatic hydroxyl groups is 1. The van der Waals surface area contributed by atoms with Gasteiger partial charge in [-0.05, 0) is 12.8 Å². The third-order valence-electron chi connectivity index (χ3n) is 2.19. The number of hydrogen-bond acceptors (Lipinski definition) is 3. The molecule has 0 spiro atoms. The zero-order valence-electron chi connectivity index (χ0n) is 7.30. The normalized spacial score (nSPS) is 21.8. The van der Waals surface area contributed by atoms with Crippen LogP contribution in [0.1, 0.15) is 19.8 Å². The SMILES string of the molecule is CC(=O)NC1(CO)CCOCC1. The first-order valence-corrected chi connectivity index (χ1v) is 4.16. The zero-order valence-corrected chi connectivity index (χ0v) is 7.30. The molecule has 1 heterocycles. The molecule has 1 aliphatic heterocycles. The Morgan fingerprint density at radius 3 is 2.58 bits per heavy atom. The van der Waals surface area contributed by atoms with E-state index < -0.39 is 5.54 Å². The van der Waals surface area contributed by atoms with E-state index in [4.69, 9.17) is 9.84 Å². The van der Waals surface area contributed by atoms with Gasteiger partial charge in [0.1, 0.15) is 0 Å². The molecular weight excluding hydrogens is 158 g/mol. The molecule has 4 heteroatoms. The van der Waals surface area contributed by atoms with Gasteiger partial charge in [-0.25, -0.2) is 0 Å². The first-order valence-electron chi connectivity index (χ1n) is 4.16. The molecule has 1 saturated heterocycles. The van der Waals surface area contributed by atoms with E-state index in [0.717, 1.165) is 0 Å². The summed E-state index contributed by atoms with van der Waals surface area (Å²) in [5, 5.41) is 11.9. The minimum absolute atomic E-state index is 0.00403. The van der Waals surface area contributed by atoms with Crippen LogP contribution in [-0.4, -0.2) is 36.4 Å². The van der Waals surface area contributed by atoms with Gasteiger partial charge in [0.05, 0.1) is 12.1 Å². The molecule has 70 valence electrons. The minimum Gasteiger partial charge on any atom is -0.394 e. The van der Waals surface area contributed by atoms with E-state index in [1.807, 2.05) is 0 Å². The molecule has 0 unspecified atom stereocenters. The van der Waals surface area contributed by atoms with Crippen molar-refractivity contribution in [3.63, 3.8) is 0 Å². The largest absolute Gasteiger partial charge is 0.394 e. The van der Waals surface area contributed by atoms with E-state index in [-0.39, 0.29) is 12.5 Å². The predicted molar refractivity (Wildman–Crippen MR) is 43.7 cm³/mol. The van der Waals surface area contributed by atoms with Crippen LogP contribution in [0.25, 0.3) is 0 Å². The topological polar surface area (TPSA) is 58.6 Å². The van der Waals surface area contributed by atoms with Gasteiger partial charge in [-0.15, -0.1) is 0 Å². The number of carbonyl (C=O) groups excluding carboxylic acids is 1. The van der Waals surface area contributed by atoms with Gasteiger partial charge in [-0.1, -0.05) is 0 Å². The average molecular weight is 173 g/mol. The van der Waals surface area contributed by atoms with Crippen LogP contribution in [0, 0.1) is 0 Å². The van der Waals surface area contributed by atoms with Gasteiger partial charge in [0, 0.05) is 20.1 Å². The summed E-state index contributed by atoms with van der Waals surface area (Å²) in [4.78, 5) is 10.8. The number of rotatable bonds is 2. The molecule has 0 aromatic heterocycles. The van der Waals surface area contributed by atoms with E-state index in [0.29, 0.717) is 26.1 Å². The van der Waals surface area contributed by atoms with Crippen LogP contribution >= 0.6 is 0 Å². The third kappa shape index (κ3) is 2.19. The number of hydrogen-bond donors (Lipinski definition) is 2. The van der Waals surface area contributed by atoms with Crippen LogP contribution < -0.4 is 5.32 Å². The molecular formula is C8H15NO3. The van der Waals surface area contributed by atoms with Gasteiger partial charge in [0.25, 0.3) is 0 Å². The molecule has 4 nitrogen and oxygen atoms in total. The summed E-state index contributed by atoms with van der Waals surface area (Å²) in [6.07, 6.45) is 1.40. The van der Waals surface area contributed by atoms with Crippen LogP contribution in [-0.2, 0) is 9.53 Å². The smallest absolute Gasteiger partial charge is 0.217 e. The quantitative estimate of drug-likeness (QED) is 0.601. The Morgan fingerprint density at radius 1 is 1.58 bits per heavy atom. The summed E-state index contributed by atoms with van der Waals surface area (Å²) in [6.45, 7) is 2.69. The highest BCUT2D eigenvalue weighted by Gasteiger charge is 2.32. The van der Waals surface area contributed by atoms with E-state index in [1.165, 1.54) is 6.92 Å². The van der Waals surface area contributed by atoms with Crippen LogP contribution in [0.2, 0.25) is 0 Å². The second-order valence-corrected chi connectivity index (χ2v) is 3.23. The monoisotopic (exact) mass is 173 g/mol. The molecule has 12 heavy (non-hydrogen) atoms. The van der Waals surface area contributed by atoms with Crippen molar-refractivity contribution in [1.82, 2.24) is 5.32 Å². The first kappa shape index (κ1) is 9.48. The predicted octanol–water partition coefficient (Wildman–Crippen LogP) is -0.336. The average Bonchev–Trinajstić information content (AvgIpc) is 2.05. The Morgan fingerprint density at radius 2 is 2.17 bits per heavy atom. The van der Waals surface area contributed by atoms with E-state index in [1.54, 1.807) is 0 Å². The van der Waals surface area contributed by atoms with Crippen molar-refractivity contribution in [3.05, 3.63) is 0 Å². The van der Waals surface area contributed by atoms with E-state index >= 15 is 0 Å². The fraction of sp³-hybridized carbons (Fsp3) is 0.875. The van der Waals surface area contributed by atoms with Crippen molar-refractivity contribution in [3.8, 4) is 0 Å². The van der Waals surface area contributed by atoms with Gasteiger partial charge >= 0.3 is 0 Å². The number of ether oxygens (including phenoxy) is 1. The summed E-state index contributed by atoms with van der Waals surface area (Å²) in [7, 11) is 0. The zero-order chi connectivity index (χ0) is 9.03. The van der Waals surface area contributed by atoms with Crippen molar-refractivity contribution in [2.45, 2.75) is 25.3 Å². The molecule has 0 aliphatic carbocycles. The van der Waals surface area contributed by atoms with Crippen molar-refractivity contribution in [2.24, 2.45) is 0 Å². The summed E-state index contributed by atoms with van der Waals surface area (Å²) >= 11 is 0. The van der Waals surface area contributed by atoms with Crippen molar-refractivity contribution in [1.29, 1.82) is 0 Å². The maximum atomic E-state index is 10.8. The maximum Gasteiger partial charge on any atom is 0.217 e. The highest BCUT2D eigenvalue weighted by Crippen LogP contribution is 2.19. The molecule has 0 aromatic rings. The van der Waals surface area contributed by atoms with E-state index in [2.05, 4.69) is 5.32 Å². The Kier molecular flexibility index (Phi) is 3.05. The molecule has 0 bridgehead atoms. The second-order valence-electron chi connectivity index (χ2n) is 3.23. The fourth-order valence-electron chi connectivity index (χ4n) is 1.46. The number of aliphatic hydroxyl groups excluding tert-OH is 1. The molecule has 1 amide bonds. The Hall–Kier alpha value is -0.610. The lowest BCUT2D eigenvalue weighted by Gasteiger charge is -2.35. The summed E-state index contributed by atoms with van der Waals surface area (Å²) in [5.41, 5.74) is -0.427. The number of amides is 1. The lowest BCUT2D eigenvalue weighted by molar-refractivity contribution is -0.123. The van der Waals surface area contributed by atoms with Crippen molar-refractivity contribution < 1.29 is 14.6 Å². The van der Waals surface area contributed by atoms with Gasteiger partial charge in [-0.2, -0.15) is 0 Å². The fourth-order valence-corrected chi connectivity index (χ4v) is 1.46. The number of nitrogens with one attached hydrogen (secondary N) is 1. The molecule has 0 radical (unpaired) electrons. The first-order chi connectivity index (χ1) is 5.68.